The maximum Gasteiger partial charge on any atom is 0.118 e. The number of aromatic hydroxyl groups is 1. The number of ether oxygens (including phenoxy) is 1. The van der Waals surface area contributed by atoms with Crippen molar-refractivity contribution in [3.05, 3.63) is 96.1 Å². The molecule has 1 fully saturated rings. The molecule has 1 heterocycles. The van der Waals surface area contributed by atoms with Crippen LogP contribution < -0.4 is 10.1 Å². The summed E-state index contributed by atoms with van der Waals surface area (Å²) < 4.78 is 5.20. The van der Waals surface area contributed by atoms with Crippen molar-refractivity contribution in [2.75, 3.05) is 20.2 Å². The van der Waals surface area contributed by atoms with Crippen molar-refractivity contribution in [1.29, 1.82) is 0 Å². The van der Waals surface area contributed by atoms with Crippen molar-refractivity contribution >= 4 is 11.1 Å². The second kappa shape index (κ2) is 14.1. The van der Waals surface area contributed by atoms with Gasteiger partial charge in [0.2, 0.25) is 0 Å². The highest BCUT2D eigenvalue weighted by Crippen LogP contribution is 2.29. The van der Waals surface area contributed by atoms with Crippen LogP contribution >= 0.6 is 0 Å². The number of phenolic OH excluding ortho intramolecular Hbond substituents is 1. The SMILES string of the molecule is C1CCNC1.CC/C(=C(\C)c1ccc(OC)cc1)c1ccccc1.Oc1ccccc1. The van der Waals surface area contributed by atoms with Gasteiger partial charge >= 0.3 is 0 Å². The molecule has 0 spiro atoms. The Kier molecular flexibility index (Phi) is 11.0. The molecular formula is C28H35NO2. The number of para-hydroxylation sites is 1. The van der Waals surface area contributed by atoms with Crippen LogP contribution in [0.25, 0.3) is 11.1 Å². The van der Waals surface area contributed by atoms with Crippen LogP contribution in [0, 0.1) is 0 Å². The zero-order valence-electron chi connectivity index (χ0n) is 19.0. The molecule has 0 saturated carbocycles. The Hall–Kier alpha value is -3.04. The molecule has 2 N–H and O–H groups in total. The van der Waals surface area contributed by atoms with Crippen molar-refractivity contribution in [2.45, 2.75) is 33.1 Å². The summed E-state index contributed by atoms with van der Waals surface area (Å²) in [6.45, 7) is 6.89. The number of methoxy groups -OCH3 is 1. The summed E-state index contributed by atoms with van der Waals surface area (Å²) >= 11 is 0. The molecule has 1 saturated heterocycles. The zero-order chi connectivity index (χ0) is 22.3. The molecule has 0 amide bonds. The van der Waals surface area contributed by atoms with E-state index in [9.17, 15) is 0 Å². The number of hydrogen-bond donors (Lipinski definition) is 2. The average molecular weight is 418 g/mol. The predicted octanol–water partition coefficient (Wildman–Crippen LogP) is 6.80. The number of allylic oxidation sites excluding steroid dienone is 2. The molecule has 164 valence electrons. The van der Waals surface area contributed by atoms with Gasteiger partial charge in [-0.15, -0.1) is 0 Å². The first-order valence-corrected chi connectivity index (χ1v) is 11.0. The van der Waals surface area contributed by atoms with Crippen molar-refractivity contribution in [2.24, 2.45) is 0 Å². The Bertz CT molecular complexity index is 876. The third kappa shape index (κ3) is 8.69. The van der Waals surface area contributed by atoms with Crippen molar-refractivity contribution in [3.63, 3.8) is 0 Å². The van der Waals surface area contributed by atoms with Gasteiger partial charge in [0, 0.05) is 0 Å². The quantitative estimate of drug-likeness (QED) is 0.459. The second-order valence-corrected chi connectivity index (χ2v) is 7.34. The molecule has 0 aromatic heterocycles. The number of hydrogen-bond acceptors (Lipinski definition) is 3. The van der Waals surface area contributed by atoms with E-state index >= 15 is 0 Å². The number of nitrogens with one attached hydrogen (secondary N) is 1. The van der Waals surface area contributed by atoms with Crippen LogP contribution in [0.4, 0.5) is 0 Å². The van der Waals surface area contributed by atoms with Crippen LogP contribution in [-0.2, 0) is 0 Å². The summed E-state index contributed by atoms with van der Waals surface area (Å²) in [6, 6.07) is 27.5. The van der Waals surface area contributed by atoms with Crippen molar-refractivity contribution < 1.29 is 9.84 Å². The topological polar surface area (TPSA) is 41.5 Å². The number of phenols is 1. The van der Waals surface area contributed by atoms with Crippen LogP contribution in [-0.4, -0.2) is 25.3 Å². The van der Waals surface area contributed by atoms with E-state index < -0.39 is 0 Å². The van der Waals surface area contributed by atoms with E-state index in [-0.39, 0.29) is 0 Å². The molecule has 0 aliphatic carbocycles. The summed E-state index contributed by atoms with van der Waals surface area (Å²) in [5.74, 6) is 1.22. The van der Waals surface area contributed by atoms with E-state index in [4.69, 9.17) is 9.84 Å². The zero-order valence-corrected chi connectivity index (χ0v) is 19.0. The molecule has 0 radical (unpaired) electrons. The summed E-state index contributed by atoms with van der Waals surface area (Å²) in [5, 5.41) is 11.9. The number of benzene rings is 3. The summed E-state index contributed by atoms with van der Waals surface area (Å²) in [4.78, 5) is 0. The Balaban J connectivity index is 0.000000229. The van der Waals surface area contributed by atoms with E-state index in [1.807, 2.05) is 18.2 Å². The van der Waals surface area contributed by atoms with Gasteiger partial charge in [-0.2, -0.15) is 0 Å². The fourth-order valence-corrected chi connectivity index (χ4v) is 3.39. The maximum atomic E-state index is 8.63. The van der Waals surface area contributed by atoms with Gasteiger partial charge < -0.3 is 15.2 Å². The largest absolute Gasteiger partial charge is 0.508 e. The smallest absolute Gasteiger partial charge is 0.118 e. The molecule has 3 aromatic rings. The van der Waals surface area contributed by atoms with E-state index in [1.165, 1.54) is 48.2 Å². The monoisotopic (exact) mass is 417 g/mol. The van der Waals surface area contributed by atoms with E-state index in [2.05, 4.69) is 61.6 Å². The molecule has 3 nitrogen and oxygen atoms in total. The van der Waals surface area contributed by atoms with E-state index in [0.29, 0.717) is 5.75 Å². The van der Waals surface area contributed by atoms with Gasteiger partial charge in [0.1, 0.15) is 11.5 Å². The van der Waals surface area contributed by atoms with Gasteiger partial charge in [-0.05, 0) is 85.8 Å². The Morgan fingerprint density at radius 2 is 1.35 bits per heavy atom. The lowest BCUT2D eigenvalue weighted by molar-refractivity contribution is 0.415. The third-order valence-corrected chi connectivity index (χ3v) is 5.16. The molecule has 4 rings (SSSR count). The molecule has 0 unspecified atom stereocenters. The highest BCUT2D eigenvalue weighted by Gasteiger charge is 2.06. The van der Waals surface area contributed by atoms with Crippen LogP contribution in [0.3, 0.4) is 0 Å². The van der Waals surface area contributed by atoms with Crippen LogP contribution in [0.2, 0.25) is 0 Å². The van der Waals surface area contributed by atoms with Gasteiger partial charge in [0.25, 0.3) is 0 Å². The fraction of sp³-hybridized carbons (Fsp3) is 0.286. The van der Waals surface area contributed by atoms with E-state index in [0.717, 1.165) is 12.2 Å². The normalized spacial score (nSPS) is 13.1. The first-order chi connectivity index (χ1) is 15.2. The Morgan fingerprint density at radius 1 is 0.806 bits per heavy atom. The minimum atomic E-state index is 0.322. The molecular weight excluding hydrogens is 382 g/mol. The molecule has 3 aromatic carbocycles. The summed E-state index contributed by atoms with van der Waals surface area (Å²) in [6.07, 6.45) is 3.81. The molecule has 3 heteroatoms. The highest BCUT2D eigenvalue weighted by atomic mass is 16.5. The summed E-state index contributed by atoms with van der Waals surface area (Å²) in [5.41, 5.74) is 5.28. The predicted molar refractivity (Wildman–Crippen MR) is 132 cm³/mol. The van der Waals surface area contributed by atoms with Gasteiger partial charge in [0.05, 0.1) is 7.11 Å². The maximum absolute atomic E-state index is 8.63. The Labute approximate surface area is 187 Å². The fourth-order valence-electron chi connectivity index (χ4n) is 3.39. The highest BCUT2D eigenvalue weighted by molar-refractivity contribution is 5.89. The van der Waals surface area contributed by atoms with Crippen LogP contribution in [0.1, 0.15) is 44.2 Å². The van der Waals surface area contributed by atoms with Crippen molar-refractivity contribution in [1.82, 2.24) is 5.32 Å². The lowest BCUT2D eigenvalue weighted by Crippen LogP contribution is -2.03. The molecule has 1 aliphatic heterocycles. The minimum absolute atomic E-state index is 0.322. The molecule has 0 bridgehead atoms. The van der Waals surface area contributed by atoms with E-state index in [1.54, 1.807) is 31.4 Å². The van der Waals surface area contributed by atoms with Gasteiger partial charge in [-0.25, -0.2) is 0 Å². The number of rotatable bonds is 4. The van der Waals surface area contributed by atoms with Gasteiger partial charge in [-0.1, -0.05) is 67.6 Å². The van der Waals surface area contributed by atoms with Gasteiger partial charge in [0.15, 0.2) is 0 Å². The first-order valence-electron chi connectivity index (χ1n) is 11.0. The van der Waals surface area contributed by atoms with Crippen LogP contribution in [0.15, 0.2) is 84.9 Å². The Morgan fingerprint density at radius 3 is 1.74 bits per heavy atom. The molecule has 31 heavy (non-hydrogen) atoms. The molecule has 1 aliphatic rings. The van der Waals surface area contributed by atoms with Gasteiger partial charge in [-0.3, -0.25) is 0 Å². The third-order valence-electron chi connectivity index (χ3n) is 5.16. The average Bonchev–Trinajstić information content (AvgIpc) is 3.42. The minimum Gasteiger partial charge on any atom is -0.508 e. The van der Waals surface area contributed by atoms with Crippen molar-refractivity contribution in [3.8, 4) is 11.5 Å². The molecule has 0 atom stereocenters. The second-order valence-electron chi connectivity index (χ2n) is 7.34. The first kappa shape index (κ1) is 24.2. The lowest BCUT2D eigenvalue weighted by atomic mass is 9.94. The standard InChI is InChI=1S/C18H20O.C6H6O.C4H9N/c1-4-18(16-8-6-5-7-9-16)14(2)15-10-12-17(19-3)13-11-15;7-6-4-2-1-3-5-6;1-2-4-5-3-1/h5-13H,4H2,1-3H3;1-5,7H;5H,1-4H2/b18-14-;;. The van der Waals surface area contributed by atoms with Crippen LogP contribution in [0.5, 0.6) is 11.5 Å². The lowest BCUT2D eigenvalue weighted by Gasteiger charge is -2.12. The summed E-state index contributed by atoms with van der Waals surface area (Å²) in [7, 11) is 1.69.